The zero-order valence-electron chi connectivity index (χ0n) is 24.4. The molecule has 1 heterocycles. The van der Waals surface area contributed by atoms with E-state index in [-0.39, 0.29) is 37.6 Å². The van der Waals surface area contributed by atoms with E-state index in [4.69, 9.17) is 9.47 Å². The van der Waals surface area contributed by atoms with Crippen LogP contribution in [0.5, 0.6) is 11.5 Å². The van der Waals surface area contributed by atoms with Gasteiger partial charge in [0.05, 0.1) is 24.0 Å². The molecular weight excluding hydrogens is 558 g/mol. The summed E-state index contributed by atoms with van der Waals surface area (Å²) in [4.78, 5) is 43.6. The van der Waals surface area contributed by atoms with E-state index in [1.807, 2.05) is 78.9 Å². The van der Waals surface area contributed by atoms with Gasteiger partial charge in [0, 0.05) is 18.7 Å². The van der Waals surface area contributed by atoms with Crippen molar-refractivity contribution >= 4 is 22.9 Å². The molecule has 0 aliphatic rings. The molecule has 0 unspecified atom stereocenters. The minimum absolute atomic E-state index is 0.0445. The van der Waals surface area contributed by atoms with Crippen molar-refractivity contribution in [3.8, 4) is 11.5 Å². The Morgan fingerprint density at radius 2 is 1.59 bits per heavy atom. The standard InChI is InChI=1S/C35H33N3O6/c1-25-34(41)38(32-13-6-5-12-31(32)36-25)20-21-43-30-11-7-10-28(22-30)35(42)37(19-18-33(39)40)23-26-14-16-29(17-15-26)44-24-27-8-3-2-4-9-27/h2-17,22H,18-21,23-24H2,1H3,(H,39,40). The summed E-state index contributed by atoms with van der Waals surface area (Å²) in [5, 5.41) is 9.31. The lowest BCUT2D eigenvalue weighted by Gasteiger charge is -2.23. The first-order chi connectivity index (χ1) is 21.4. The van der Waals surface area contributed by atoms with E-state index in [0.29, 0.717) is 35.9 Å². The Morgan fingerprint density at radius 3 is 2.36 bits per heavy atom. The number of aliphatic carboxylic acids is 1. The number of rotatable bonds is 13. The lowest BCUT2D eigenvalue weighted by molar-refractivity contribution is -0.137. The number of carboxylic acids is 1. The zero-order chi connectivity index (χ0) is 30.9. The van der Waals surface area contributed by atoms with E-state index >= 15 is 0 Å². The molecule has 224 valence electrons. The first kappa shape index (κ1) is 30.0. The number of carbonyl (C=O) groups is 2. The highest BCUT2D eigenvalue weighted by molar-refractivity contribution is 5.94. The Kier molecular flexibility index (Phi) is 9.66. The fraction of sp³-hybridized carbons (Fsp3) is 0.200. The lowest BCUT2D eigenvalue weighted by atomic mass is 10.1. The van der Waals surface area contributed by atoms with Crippen LogP contribution in [0.15, 0.2) is 108 Å². The van der Waals surface area contributed by atoms with Gasteiger partial charge >= 0.3 is 5.97 Å². The van der Waals surface area contributed by atoms with E-state index in [1.165, 1.54) is 4.90 Å². The Labute approximate surface area is 254 Å². The number of ether oxygens (including phenoxy) is 2. The number of amides is 1. The van der Waals surface area contributed by atoms with Crippen LogP contribution < -0.4 is 15.0 Å². The van der Waals surface area contributed by atoms with E-state index in [2.05, 4.69) is 4.98 Å². The van der Waals surface area contributed by atoms with Gasteiger partial charge in [0.15, 0.2) is 0 Å². The van der Waals surface area contributed by atoms with E-state index < -0.39 is 5.97 Å². The first-order valence-corrected chi connectivity index (χ1v) is 14.3. The van der Waals surface area contributed by atoms with Gasteiger partial charge in [0.2, 0.25) is 0 Å². The normalized spacial score (nSPS) is 10.8. The van der Waals surface area contributed by atoms with Gasteiger partial charge in [-0.05, 0) is 60.5 Å². The van der Waals surface area contributed by atoms with Crippen LogP contribution in [0.25, 0.3) is 11.0 Å². The number of hydrogen-bond donors (Lipinski definition) is 1. The second kappa shape index (κ2) is 14.2. The van der Waals surface area contributed by atoms with Gasteiger partial charge in [-0.2, -0.15) is 0 Å². The minimum atomic E-state index is -0.987. The fourth-order valence-electron chi connectivity index (χ4n) is 4.83. The van der Waals surface area contributed by atoms with Crippen molar-refractivity contribution in [2.75, 3.05) is 13.2 Å². The minimum Gasteiger partial charge on any atom is -0.492 e. The molecule has 44 heavy (non-hydrogen) atoms. The summed E-state index contributed by atoms with van der Waals surface area (Å²) in [5.74, 6) is -0.133. The third-order valence-corrected chi connectivity index (χ3v) is 7.11. The second-order valence-electron chi connectivity index (χ2n) is 10.3. The van der Waals surface area contributed by atoms with Crippen LogP contribution in [-0.2, 0) is 24.5 Å². The predicted octanol–water partition coefficient (Wildman–Crippen LogP) is 5.48. The second-order valence-corrected chi connectivity index (χ2v) is 10.3. The van der Waals surface area contributed by atoms with E-state index in [1.54, 1.807) is 35.8 Å². The van der Waals surface area contributed by atoms with Crippen molar-refractivity contribution in [1.29, 1.82) is 0 Å². The van der Waals surface area contributed by atoms with Gasteiger partial charge in [0.1, 0.15) is 30.4 Å². The van der Waals surface area contributed by atoms with E-state index in [0.717, 1.165) is 22.2 Å². The summed E-state index contributed by atoms with van der Waals surface area (Å²) in [6, 6.07) is 31.5. The summed E-state index contributed by atoms with van der Waals surface area (Å²) in [6.07, 6.45) is -0.186. The van der Waals surface area contributed by atoms with Crippen LogP contribution >= 0.6 is 0 Å². The first-order valence-electron chi connectivity index (χ1n) is 14.3. The molecule has 9 nitrogen and oxygen atoms in total. The van der Waals surface area contributed by atoms with Crippen molar-refractivity contribution < 1.29 is 24.2 Å². The van der Waals surface area contributed by atoms with Crippen molar-refractivity contribution in [1.82, 2.24) is 14.5 Å². The van der Waals surface area contributed by atoms with Crippen LogP contribution in [0.1, 0.15) is 33.6 Å². The number of carboxylic acid groups (broad SMARTS) is 1. The molecule has 0 bridgehead atoms. The zero-order valence-corrected chi connectivity index (χ0v) is 24.4. The maximum Gasteiger partial charge on any atom is 0.305 e. The number of nitrogens with zero attached hydrogens (tertiary/aromatic N) is 3. The third kappa shape index (κ3) is 7.69. The van der Waals surface area contributed by atoms with Crippen molar-refractivity contribution in [2.45, 2.75) is 33.0 Å². The molecule has 0 saturated heterocycles. The molecule has 0 radical (unpaired) electrons. The average Bonchev–Trinajstić information content (AvgIpc) is 3.04. The molecule has 0 aliphatic carbocycles. The Morgan fingerprint density at radius 1 is 0.841 bits per heavy atom. The monoisotopic (exact) mass is 591 g/mol. The van der Waals surface area contributed by atoms with E-state index in [9.17, 15) is 19.5 Å². The molecule has 0 atom stereocenters. The molecule has 1 amide bonds. The highest BCUT2D eigenvalue weighted by Crippen LogP contribution is 2.20. The predicted molar refractivity (Wildman–Crippen MR) is 167 cm³/mol. The SMILES string of the molecule is Cc1nc2ccccc2n(CCOc2cccc(C(=O)N(CCC(=O)O)Cc3ccc(OCc4ccccc4)cc3)c2)c1=O. The van der Waals surface area contributed by atoms with Gasteiger partial charge in [-0.3, -0.25) is 14.4 Å². The average molecular weight is 592 g/mol. The molecule has 5 rings (SSSR count). The molecule has 1 N–H and O–H groups in total. The smallest absolute Gasteiger partial charge is 0.305 e. The highest BCUT2D eigenvalue weighted by Gasteiger charge is 2.18. The number of aromatic nitrogens is 2. The van der Waals surface area contributed by atoms with Gasteiger partial charge in [-0.1, -0.05) is 60.7 Å². The highest BCUT2D eigenvalue weighted by atomic mass is 16.5. The Bertz CT molecular complexity index is 1800. The Hall–Kier alpha value is -5.44. The molecular formula is C35H33N3O6. The molecule has 9 heteroatoms. The van der Waals surface area contributed by atoms with Crippen LogP contribution in [0.2, 0.25) is 0 Å². The van der Waals surface area contributed by atoms with Crippen LogP contribution in [-0.4, -0.2) is 44.6 Å². The van der Waals surface area contributed by atoms with Gasteiger partial charge in [-0.25, -0.2) is 4.98 Å². The molecule has 5 aromatic rings. The van der Waals surface area contributed by atoms with Crippen LogP contribution in [0.3, 0.4) is 0 Å². The largest absolute Gasteiger partial charge is 0.492 e. The molecule has 4 aromatic carbocycles. The Balaban J connectivity index is 1.24. The maximum atomic E-state index is 13.6. The van der Waals surface area contributed by atoms with Gasteiger partial charge < -0.3 is 24.0 Å². The van der Waals surface area contributed by atoms with Crippen LogP contribution in [0, 0.1) is 6.92 Å². The fourth-order valence-corrected chi connectivity index (χ4v) is 4.83. The summed E-state index contributed by atoms with van der Waals surface area (Å²) in [5.41, 5.74) is 3.95. The number of aryl methyl sites for hydroxylation is 1. The number of hydrogen-bond acceptors (Lipinski definition) is 6. The van der Waals surface area contributed by atoms with Crippen molar-refractivity contribution in [2.24, 2.45) is 0 Å². The van der Waals surface area contributed by atoms with Crippen LogP contribution in [0.4, 0.5) is 0 Å². The van der Waals surface area contributed by atoms with Gasteiger partial charge in [0.25, 0.3) is 11.5 Å². The number of para-hydroxylation sites is 2. The quantitative estimate of drug-likeness (QED) is 0.193. The maximum absolute atomic E-state index is 13.6. The molecule has 0 spiro atoms. The summed E-state index contributed by atoms with van der Waals surface area (Å²) < 4.78 is 13.4. The van der Waals surface area contributed by atoms with Crippen molar-refractivity contribution in [3.63, 3.8) is 0 Å². The third-order valence-electron chi connectivity index (χ3n) is 7.11. The molecule has 0 saturated carbocycles. The molecule has 0 fully saturated rings. The number of fused-ring (bicyclic) bond motifs is 1. The number of benzene rings is 4. The van der Waals surface area contributed by atoms with Gasteiger partial charge in [-0.15, -0.1) is 0 Å². The molecule has 1 aromatic heterocycles. The summed E-state index contributed by atoms with van der Waals surface area (Å²) in [6.45, 7) is 2.91. The topological polar surface area (TPSA) is 111 Å². The summed E-state index contributed by atoms with van der Waals surface area (Å²) in [7, 11) is 0. The van der Waals surface area contributed by atoms with Crippen molar-refractivity contribution in [3.05, 3.63) is 136 Å². The lowest BCUT2D eigenvalue weighted by Crippen LogP contribution is -2.32. The number of carbonyl (C=O) groups excluding carboxylic acids is 1. The molecule has 0 aliphatic heterocycles. The summed E-state index contributed by atoms with van der Waals surface area (Å²) >= 11 is 0.